The summed E-state index contributed by atoms with van der Waals surface area (Å²) in [5, 5.41) is 21.2. The molecule has 1 aliphatic heterocycles. The molecule has 1 aromatic carbocycles. The van der Waals surface area contributed by atoms with Crippen LogP contribution in [0.15, 0.2) is 12.1 Å². The molecule has 1 saturated heterocycles. The van der Waals surface area contributed by atoms with Gasteiger partial charge in [-0.1, -0.05) is 25.3 Å². The first kappa shape index (κ1) is 34.4. The lowest BCUT2D eigenvalue weighted by Crippen LogP contribution is -2.41. The van der Waals surface area contributed by atoms with Crippen molar-refractivity contribution >= 4 is 29.0 Å². The molecular formula is C29H39F3N6O6. The highest BCUT2D eigenvalue weighted by atomic mass is 19.4. The normalized spacial score (nSPS) is 13.8. The van der Waals surface area contributed by atoms with Crippen molar-refractivity contribution in [2.75, 3.05) is 57.3 Å². The first-order valence-electron chi connectivity index (χ1n) is 14.0. The van der Waals surface area contributed by atoms with Crippen molar-refractivity contribution in [1.82, 2.24) is 14.7 Å². The van der Waals surface area contributed by atoms with Crippen LogP contribution >= 0.6 is 0 Å². The Morgan fingerprint density at radius 2 is 1.75 bits per heavy atom. The molecule has 1 N–H and O–H groups in total. The van der Waals surface area contributed by atoms with Gasteiger partial charge in [0, 0.05) is 36.8 Å². The Morgan fingerprint density at radius 3 is 2.25 bits per heavy atom. The molecule has 0 aliphatic carbocycles. The van der Waals surface area contributed by atoms with Crippen LogP contribution in [0.1, 0.15) is 54.7 Å². The van der Waals surface area contributed by atoms with Gasteiger partial charge in [0.2, 0.25) is 5.78 Å². The minimum absolute atomic E-state index is 0.0405. The van der Waals surface area contributed by atoms with E-state index in [4.69, 9.17) is 24.1 Å². The van der Waals surface area contributed by atoms with Crippen LogP contribution in [0.2, 0.25) is 0 Å². The number of carboxylic acid groups (broad SMARTS) is 1. The number of halogens is 3. The number of benzene rings is 1. The molecule has 15 heteroatoms. The average molecular weight is 625 g/mol. The van der Waals surface area contributed by atoms with Crippen LogP contribution in [0.4, 0.5) is 24.8 Å². The highest BCUT2D eigenvalue weighted by Gasteiger charge is 2.31. The second-order valence-electron chi connectivity index (χ2n) is 11.1. The number of ether oxygens (including phenoxy) is 3. The topological polar surface area (TPSA) is 134 Å². The summed E-state index contributed by atoms with van der Waals surface area (Å²) >= 11 is 0. The monoisotopic (exact) mass is 624 g/mol. The third-order valence-corrected chi connectivity index (χ3v) is 7.06. The van der Waals surface area contributed by atoms with E-state index < -0.39 is 12.1 Å². The van der Waals surface area contributed by atoms with Crippen LogP contribution in [0.5, 0.6) is 11.6 Å². The molecule has 1 aliphatic rings. The van der Waals surface area contributed by atoms with Crippen molar-refractivity contribution < 1.29 is 46.8 Å². The molecule has 3 heterocycles. The number of morpholine rings is 1. The number of aliphatic carboxylic acids is 1. The maximum atomic E-state index is 13.8. The number of anilines is 2. The molecule has 0 saturated carbocycles. The minimum atomic E-state index is -5.19. The molecule has 0 radical (unpaired) electrons. The molecule has 0 amide bonds. The van der Waals surface area contributed by atoms with Gasteiger partial charge in [0.15, 0.2) is 6.54 Å². The first-order chi connectivity index (χ1) is 20.5. The zero-order valence-corrected chi connectivity index (χ0v) is 26.2. The third-order valence-electron chi connectivity index (χ3n) is 7.06. The number of ketones is 1. The van der Waals surface area contributed by atoms with Crippen LogP contribution < -0.4 is 29.5 Å². The van der Waals surface area contributed by atoms with Crippen LogP contribution in [-0.2, 0) is 21.5 Å². The number of nitrogens with one attached hydrogen (secondary N) is 1. The molecule has 0 atom stereocenters. The summed E-state index contributed by atoms with van der Waals surface area (Å²) in [4.78, 5) is 24.8. The Kier molecular flexibility index (Phi) is 10.7. The summed E-state index contributed by atoms with van der Waals surface area (Å²) in [5.74, 6) is -1.15. The van der Waals surface area contributed by atoms with E-state index >= 15 is 0 Å². The van der Waals surface area contributed by atoms with Crippen molar-refractivity contribution in [3.8, 4) is 11.6 Å². The zero-order chi connectivity index (χ0) is 33.0. The number of hydrogen-bond acceptors (Lipinski definition) is 10. The number of aromatic nitrogens is 4. The molecule has 3 aromatic rings. The SMILES string of the molecule is CCOc1nn2c(NC)n[n+](CC(=O)c3cc(N4CCOCC4)c(OC)c(C(C)(C)C)c3)c2c(C)c1C.O=C([O-])C(F)(F)F. The summed E-state index contributed by atoms with van der Waals surface area (Å²) < 4.78 is 52.2. The van der Waals surface area contributed by atoms with E-state index in [-0.39, 0.29) is 17.7 Å². The number of methoxy groups -OCH3 is 1. The number of carboxylic acids is 1. The van der Waals surface area contributed by atoms with Crippen LogP contribution in [0.25, 0.3) is 5.65 Å². The number of rotatable bonds is 8. The predicted octanol–water partition coefficient (Wildman–Crippen LogP) is 2.40. The number of aryl methyl sites for hydroxylation is 1. The number of nitrogens with zero attached hydrogens (tertiary/aromatic N) is 5. The fourth-order valence-electron chi connectivity index (χ4n) is 4.71. The largest absolute Gasteiger partial charge is 0.542 e. The van der Waals surface area contributed by atoms with Gasteiger partial charge in [0.25, 0.3) is 5.88 Å². The molecular weight excluding hydrogens is 585 g/mol. The van der Waals surface area contributed by atoms with E-state index in [1.807, 2.05) is 32.9 Å². The maximum Gasteiger partial charge on any atom is 0.430 e. The lowest BCUT2D eigenvalue weighted by atomic mass is 9.84. The highest BCUT2D eigenvalue weighted by Crippen LogP contribution is 2.40. The van der Waals surface area contributed by atoms with Gasteiger partial charge in [-0.25, -0.2) is 0 Å². The van der Waals surface area contributed by atoms with Crippen molar-refractivity contribution in [2.45, 2.75) is 59.7 Å². The lowest BCUT2D eigenvalue weighted by Gasteiger charge is -2.33. The molecule has 12 nitrogen and oxygen atoms in total. The van der Waals surface area contributed by atoms with Crippen molar-refractivity contribution in [1.29, 1.82) is 0 Å². The number of alkyl halides is 3. The standard InChI is InChI=1S/C27H39N6O4.C2HF3O2/c1-9-37-24-17(2)18(3)25-32(30-26(28-7)33(25)29-24)16-22(34)19-14-20(27(4,5)6)23(35-8)21(15-19)31-10-12-36-13-11-31;3-2(4,5)1(6)7/h14-15H,9-13,16H2,1-8H3,(H,28,30);(H,6,7)/q+1;/p-1. The van der Waals surface area contributed by atoms with Gasteiger partial charge >= 0.3 is 17.8 Å². The molecule has 2 aromatic heterocycles. The molecule has 44 heavy (non-hydrogen) atoms. The van der Waals surface area contributed by atoms with E-state index in [2.05, 4.69) is 41.2 Å². The Labute approximate surface area is 253 Å². The molecule has 4 rings (SSSR count). The molecule has 1 fully saturated rings. The minimum Gasteiger partial charge on any atom is -0.542 e. The predicted molar refractivity (Wildman–Crippen MR) is 153 cm³/mol. The van der Waals surface area contributed by atoms with E-state index in [0.29, 0.717) is 37.2 Å². The number of carbonyl (C=O) groups excluding carboxylic acids is 2. The summed E-state index contributed by atoms with van der Waals surface area (Å²) in [7, 11) is 3.48. The van der Waals surface area contributed by atoms with Crippen molar-refractivity contribution in [3.63, 3.8) is 0 Å². The van der Waals surface area contributed by atoms with E-state index in [9.17, 15) is 18.0 Å². The summed E-state index contributed by atoms with van der Waals surface area (Å²) in [5.41, 5.74) is 4.95. The Balaban J connectivity index is 0.000000676. The lowest BCUT2D eigenvalue weighted by molar-refractivity contribution is -0.714. The number of Topliss-reactive ketones (excluding diaryl/α,β-unsaturated/α-hetero) is 1. The fraction of sp³-hybridized carbons (Fsp3) is 0.552. The Hall–Kier alpha value is -4.14. The van der Waals surface area contributed by atoms with E-state index in [1.165, 1.54) is 0 Å². The Morgan fingerprint density at radius 1 is 1.14 bits per heavy atom. The van der Waals surface area contributed by atoms with Crippen molar-refractivity contribution in [2.24, 2.45) is 0 Å². The van der Waals surface area contributed by atoms with E-state index in [0.717, 1.165) is 46.9 Å². The Bertz CT molecular complexity index is 1510. The second kappa shape index (κ2) is 13.7. The van der Waals surface area contributed by atoms with Gasteiger partial charge in [-0.3, -0.25) is 4.79 Å². The molecule has 242 valence electrons. The smallest absolute Gasteiger partial charge is 0.430 e. The number of hydrogen-bond donors (Lipinski definition) is 1. The summed E-state index contributed by atoms with van der Waals surface area (Å²) in [6.07, 6.45) is -5.19. The quantitative estimate of drug-likeness (QED) is 0.294. The van der Waals surface area contributed by atoms with Gasteiger partial charge in [0.1, 0.15) is 11.7 Å². The number of fused-ring (bicyclic) bond motifs is 1. The molecule has 0 bridgehead atoms. The van der Waals surface area contributed by atoms with Gasteiger partial charge in [-0.2, -0.15) is 13.2 Å². The van der Waals surface area contributed by atoms with E-state index in [1.54, 1.807) is 23.4 Å². The van der Waals surface area contributed by atoms with Gasteiger partial charge in [0.05, 0.1) is 38.2 Å². The zero-order valence-electron chi connectivity index (χ0n) is 26.2. The third kappa shape index (κ3) is 7.49. The average Bonchev–Trinajstić information content (AvgIpc) is 3.31. The highest BCUT2D eigenvalue weighted by molar-refractivity contribution is 5.97. The second-order valence-corrected chi connectivity index (χ2v) is 11.1. The maximum absolute atomic E-state index is 13.8. The summed E-state index contributed by atoms with van der Waals surface area (Å²) in [6.45, 7) is 15.7. The van der Waals surface area contributed by atoms with Crippen molar-refractivity contribution in [3.05, 3.63) is 34.4 Å². The van der Waals surface area contributed by atoms with Gasteiger partial charge in [-0.05, 0) is 48.5 Å². The fourth-order valence-corrected chi connectivity index (χ4v) is 4.71. The van der Waals surface area contributed by atoms with Crippen LogP contribution in [0, 0.1) is 13.8 Å². The first-order valence-corrected chi connectivity index (χ1v) is 14.0. The number of carbonyl (C=O) groups is 2. The van der Waals surface area contributed by atoms with Crippen LogP contribution in [0.3, 0.4) is 0 Å². The van der Waals surface area contributed by atoms with Crippen LogP contribution in [-0.4, -0.2) is 79.7 Å². The van der Waals surface area contributed by atoms with Gasteiger partial charge < -0.3 is 34.3 Å². The summed E-state index contributed by atoms with van der Waals surface area (Å²) in [6, 6.07) is 3.91. The van der Waals surface area contributed by atoms with Gasteiger partial charge in [-0.15, -0.1) is 4.68 Å². The molecule has 0 unspecified atom stereocenters. The molecule has 0 spiro atoms.